The lowest BCUT2D eigenvalue weighted by Crippen LogP contribution is -2.28. The lowest BCUT2D eigenvalue weighted by molar-refractivity contribution is 0.122. The van der Waals surface area contributed by atoms with E-state index < -0.39 is 12.1 Å². The standard InChI is InChI=1S/C11H13Cl2NO.ClH/c12-7-3-4-8(9(13)5-7)10(14)11(15)6-1-2-6;/h3-6,10-11,15H,1-2,14H2;1H/t10-,11+;/m1./s1. The minimum Gasteiger partial charge on any atom is -0.391 e. The molecule has 1 aromatic carbocycles. The van der Waals surface area contributed by atoms with Gasteiger partial charge in [-0.1, -0.05) is 29.3 Å². The molecule has 1 saturated carbocycles. The van der Waals surface area contributed by atoms with Gasteiger partial charge in [0.25, 0.3) is 0 Å². The SMILES string of the molecule is Cl.N[C@H](c1ccc(Cl)cc1Cl)[C@@H](O)C1CC1. The second-order valence-electron chi connectivity index (χ2n) is 4.02. The zero-order valence-corrected chi connectivity index (χ0v) is 10.9. The number of halogens is 3. The van der Waals surface area contributed by atoms with Crippen LogP contribution >= 0.6 is 35.6 Å². The Morgan fingerprint density at radius 3 is 2.44 bits per heavy atom. The summed E-state index contributed by atoms with van der Waals surface area (Å²) in [6.45, 7) is 0. The van der Waals surface area contributed by atoms with E-state index in [4.69, 9.17) is 28.9 Å². The van der Waals surface area contributed by atoms with Crippen LogP contribution in [0.5, 0.6) is 0 Å². The summed E-state index contributed by atoms with van der Waals surface area (Å²) in [7, 11) is 0. The van der Waals surface area contributed by atoms with Crippen LogP contribution in [0.15, 0.2) is 18.2 Å². The smallest absolute Gasteiger partial charge is 0.0761 e. The normalized spacial score (nSPS) is 18.8. The van der Waals surface area contributed by atoms with E-state index in [1.165, 1.54) is 0 Å². The van der Waals surface area contributed by atoms with Crippen LogP contribution in [-0.4, -0.2) is 11.2 Å². The Kier molecular flexibility index (Phi) is 4.89. The Bertz CT molecular complexity index is 368. The van der Waals surface area contributed by atoms with E-state index in [-0.39, 0.29) is 12.4 Å². The largest absolute Gasteiger partial charge is 0.391 e. The molecule has 1 aromatic rings. The molecule has 1 aliphatic carbocycles. The molecule has 2 nitrogen and oxygen atoms in total. The molecule has 2 rings (SSSR count). The molecule has 16 heavy (non-hydrogen) atoms. The minimum atomic E-state index is -0.497. The molecule has 0 unspecified atom stereocenters. The van der Waals surface area contributed by atoms with Crippen molar-refractivity contribution in [2.24, 2.45) is 11.7 Å². The number of hydrogen-bond acceptors (Lipinski definition) is 2. The third kappa shape index (κ3) is 3.02. The molecule has 90 valence electrons. The van der Waals surface area contributed by atoms with Crippen LogP contribution in [0.2, 0.25) is 10.0 Å². The zero-order chi connectivity index (χ0) is 11.0. The van der Waals surface area contributed by atoms with E-state index >= 15 is 0 Å². The first-order valence-electron chi connectivity index (χ1n) is 4.98. The summed E-state index contributed by atoms with van der Waals surface area (Å²) in [5.41, 5.74) is 6.72. The van der Waals surface area contributed by atoms with Crippen molar-refractivity contribution in [1.29, 1.82) is 0 Å². The molecule has 2 atom stereocenters. The van der Waals surface area contributed by atoms with Crippen molar-refractivity contribution >= 4 is 35.6 Å². The van der Waals surface area contributed by atoms with Crippen molar-refractivity contribution in [2.45, 2.75) is 25.0 Å². The summed E-state index contributed by atoms with van der Waals surface area (Å²) in [5, 5.41) is 11.0. The molecule has 0 spiro atoms. The fraction of sp³-hybridized carbons (Fsp3) is 0.455. The topological polar surface area (TPSA) is 46.2 Å². The van der Waals surface area contributed by atoms with Gasteiger partial charge in [0, 0.05) is 10.0 Å². The van der Waals surface area contributed by atoms with Gasteiger partial charge in [-0.3, -0.25) is 0 Å². The van der Waals surface area contributed by atoms with E-state index in [0.717, 1.165) is 18.4 Å². The Labute approximate surface area is 111 Å². The maximum atomic E-state index is 9.89. The van der Waals surface area contributed by atoms with Gasteiger partial charge in [-0.25, -0.2) is 0 Å². The highest BCUT2D eigenvalue weighted by Gasteiger charge is 2.34. The first-order chi connectivity index (χ1) is 7.09. The van der Waals surface area contributed by atoms with Crippen LogP contribution < -0.4 is 5.73 Å². The van der Waals surface area contributed by atoms with Crippen LogP contribution in [-0.2, 0) is 0 Å². The third-order valence-corrected chi connectivity index (χ3v) is 3.36. The number of rotatable bonds is 3. The van der Waals surface area contributed by atoms with Gasteiger partial charge < -0.3 is 10.8 Å². The summed E-state index contributed by atoms with van der Waals surface area (Å²) in [4.78, 5) is 0. The lowest BCUT2D eigenvalue weighted by Gasteiger charge is -2.19. The van der Waals surface area contributed by atoms with E-state index in [9.17, 15) is 5.11 Å². The molecule has 1 aliphatic rings. The van der Waals surface area contributed by atoms with Crippen molar-refractivity contribution in [2.75, 3.05) is 0 Å². The second-order valence-corrected chi connectivity index (χ2v) is 4.86. The summed E-state index contributed by atoms with van der Waals surface area (Å²) < 4.78 is 0. The molecule has 1 fully saturated rings. The van der Waals surface area contributed by atoms with Gasteiger partial charge in [0.15, 0.2) is 0 Å². The van der Waals surface area contributed by atoms with Gasteiger partial charge in [0.2, 0.25) is 0 Å². The van der Waals surface area contributed by atoms with Crippen molar-refractivity contribution in [3.05, 3.63) is 33.8 Å². The van der Waals surface area contributed by atoms with Crippen LogP contribution in [0, 0.1) is 5.92 Å². The lowest BCUT2D eigenvalue weighted by atomic mass is 9.99. The highest BCUT2D eigenvalue weighted by Crippen LogP contribution is 2.38. The molecule has 0 heterocycles. The van der Waals surface area contributed by atoms with Gasteiger partial charge >= 0.3 is 0 Å². The van der Waals surface area contributed by atoms with E-state index in [1.54, 1.807) is 18.2 Å². The fourth-order valence-electron chi connectivity index (χ4n) is 1.69. The third-order valence-electron chi connectivity index (χ3n) is 2.79. The predicted molar refractivity (Wildman–Crippen MR) is 69.4 cm³/mol. The van der Waals surface area contributed by atoms with Gasteiger partial charge in [-0.2, -0.15) is 0 Å². The van der Waals surface area contributed by atoms with Crippen molar-refractivity contribution in [3.63, 3.8) is 0 Å². The maximum absolute atomic E-state index is 9.89. The van der Waals surface area contributed by atoms with E-state index in [2.05, 4.69) is 0 Å². The zero-order valence-electron chi connectivity index (χ0n) is 8.57. The summed E-state index contributed by atoms with van der Waals surface area (Å²) in [6, 6.07) is 4.75. The monoisotopic (exact) mass is 281 g/mol. The van der Waals surface area contributed by atoms with E-state index in [1.807, 2.05) is 0 Å². The molecule has 0 aliphatic heterocycles. The Hall–Kier alpha value is 0.01000. The molecule has 0 aromatic heterocycles. The Morgan fingerprint density at radius 2 is 1.94 bits per heavy atom. The fourth-order valence-corrected chi connectivity index (χ4v) is 2.22. The summed E-state index contributed by atoms with van der Waals surface area (Å²) in [5.74, 6) is 0.340. The van der Waals surface area contributed by atoms with Crippen LogP contribution in [0.3, 0.4) is 0 Å². The van der Waals surface area contributed by atoms with Gasteiger partial charge in [-0.05, 0) is 36.5 Å². The molecular formula is C11H14Cl3NO. The van der Waals surface area contributed by atoms with Crippen LogP contribution in [0.25, 0.3) is 0 Å². The van der Waals surface area contributed by atoms with Gasteiger partial charge in [0.05, 0.1) is 12.1 Å². The molecule has 0 radical (unpaired) electrons. The minimum absolute atomic E-state index is 0. The highest BCUT2D eigenvalue weighted by molar-refractivity contribution is 6.35. The second kappa shape index (κ2) is 5.56. The average molecular weight is 283 g/mol. The highest BCUT2D eigenvalue weighted by atomic mass is 35.5. The maximum Gasteiger partial charge on any atom is 0.0761 e. The first-order valence-corrected chi connectivity index (χ1v) is 5.74. The Morgan fingerprint density at radius 1 is 1.31 bits per heavy atom. The molecule has 5 heteroatoms. The summed E-state index contributed by atoms with van der Waals surface area (Å²) in [6.07, 6.45) is 1.61. The number of nitrogens with two attached hydrogens (primary N) is 1. The molecule has 0 bridgehead atoms. The molecule has 0 amide bonds. The number of aliphatic hydroxyl groups is 1. The van der Waals surface area contributed by atoms with Crippen LogP contribution in [0.1, 0.15) is 24.4 Å². The molecular weight excluding hydrogens is 268 g/mol. The van der Waals surface area contributed by atoms with Gasteiger partial charge in [-0.15, -0.1) is 12.4 Å². The quantitative estimate of drug-likeness (QED) is 0.894. The van der Waals surface area contributed by atoms with Crippen molar-refractivity contribution in [3.8, 4) is 0 Å². The van der Waals surface area contributed by atoms with Crippen LogP contribution in [0.4, 0.5) is 0 Å². The van der Waals surface area contributed by atoms with E-state index in [0.29, 0.717) is 16.0 Å². The molecule has 3 N–H and O–H groups in total. The number of hydrogen-bond donors (Lipinski definition) is 2. The van der Waals surface area contributed by atoms with Gasteiger partial charge in [0.1, 0.15) is 0 Å². The predicted octanol–water partition coefficient (Wildman–Crippen LogP) is 3.19. The van der Waals surface area contributed by atoms with Crippen molar-refractivity contribution < 1.29 is 5.11 Å². The number of aliphatic hydroxyl groups excluding tert-OH is 1. The Balaban J connectivity index is 0.00000128. The average Bonchev–Trinajstić information content (AvgIpc) is 2.99. The first kappa shape index (κ1) is 14.1. The van der Waals surface area contributed by atoms with Crippen molar-refractivity contribution in [1.82, 2.24) is 0 Å². The molecule has 0 saturated heterocycles. The summed E-state index contributed by atoms with van der Waals surface area (Å²) >= 11 is 11.8. The number of benzene rings is 1.